The van der Waals surface area contributed by atoms with Crippen molar-refractivity contribution in [3.63, 3.8) is 0 Å². The molecule has 2 aromatic rings. The summed E-state index contributed by atoms with van der Waals surface area (Å²) in [6.07, 6.45) is -4.45. The molecule has 0 saturated carbocycles. The Morgan fingerprint density at radius 2 is 1.68 bits per heavy atom. The van der Waals surface area contributed by atoms with Crippen LogP contribution in [-0.2, 0) is 15.8 Å². The summed E-state index contributed by atoms with van der Waals surface area (Å²) in [5.41, 5.74) is -0.00483. The fraction of sp³-hybridized carbons (Fsp3) is 0.263. The van der Waals surface area contributed by atoms with Gasteiger partial charge in [0.25, 0.3) is 0 Å². The van der Waals surface area contributed by atoms with Crippen molar-refractivity contribution >= 4 is 29.3 Å². The molecule has 4 nitrogen and oxygen atoms in total. The van der Waals surface area contributed by atoms with Gasteiger partial charge in [-0.25, -0.2) is 4.39 Å². The zero-order valence-electron chi connectivity index (χ0n) is 14.8. The van der Waals surface area contributed by atoms with Crippen LogP contribution < -0.4 is 10.6 Å². The third-order valence-electron chi connectivity index (χ3n) is 3.69. The molecule has 9 heteroatoms. The predicted octanol–water partition coefficient (Wildman–Crippen LogP) is 4.39. The van der Waals surface area contributed by atoms with Crippen molar-refractivity contribution in [3.8, 4) is 0 Å². The third-order valence-corrected chi connectivity index (χ3v) is 4.62. The van der Waals surface area contributed by atoms with E-state index in [2.05, 4.69) is 10.6 Å². The molecule has 0 heterocycles. The van der Waals surface area contributed by atoms with Gasteiger partial charge in [0.15, 0.2) is 0 Å². The van der Waals surface area contributed by atoms with E-state index in [9.17, 15) is 27.2 Å². The van der Waals surface area contributed by atoms with Crippen LogP contribution in [0.2, 0.25) is 0 Å². The maximum atomic E-state index is 12.8. The summed E-state index contributed by atoms with van der Waals surface area (Å²) in [6.45, 7) is 1.58. The number of nitrogens with one attached hydrogen (secondary N) is 2. The number of amides is 2. The molecule has 0 aliphatic heterocycles. The third kappa shape index (κ3) is 6.88. The lowest BCUT2D eigenvalue weighted by molar-refractivity contribution is -0.137. The van der Waals surface area contributed by atoms with Crippen LogP contribution in [0.25, 0.3) is 0 Å². The number of carbonyl (C=O) groups excluding carboxylic acids is 2. The summed E-state index contributed by atoms with van der Waals surface area (Å²) in [5, 5.41) is 5.17. The zero-order chi connectivity index (χ0) is 20.7. The van der Waals surface area contributed by atoms with Gasteiger partial charge in [-0.3, -0.25) is 9.59 Å². The molecule has 28 heavy (non-hydrogen) atoms. The van der Waals surface area contributed by atoms with E-state index in [4.69, 9.17) is 0 Å². The number of hydrogen-bond acceptors (Lipinski definition) is 3. The van der Waals surface area contributed by atoms with Gasteiger partial charge in [0.1, 0.15) is 5.82 Å². The molecule has 0 fully saturated rings. The van der Waals surface area contributed by atoms with E-state index in [0.717, 1.165) is 23.9 Å². The van der Waals surface area contributed by atoms with E-state index in [1.54, 1.807) is 6.92 Å². The average molecular weight is 414 g/mol. The van der Waals surface area contributed by atoms with Crippen LogP contribution in [0.5, 0.6) is 0 Å². The first-order valence-electron chi connectivity index (χ1n) is 8.25. The molecule has 0 aromatic heterocycles. The van der Waals surface area contributed by atoms with Crippen molar-refractivity contribution in [2.24, 2.45) is 0 Å². The fourth-order valence-electron chi connectivity index (χ4n) is 2.32. The van der Waals surface area contributed by atoms with Gasteiger partial charge in [-0.15, -0.1) is 11.8 Å². The number of carbonyl (C=O) groups is 2. The molecule has 2 amide bonds. The minimum atomic E-state index is -4.45. The number of thioether (sulfide) groups is 1. The monoisotopic (exact) mass is 414 g/mol. The van der Waals surface area contributed by atoms with Crippen molar-refractivity contribution in [1.29, 1.82) is 0 Å². The summed E-state index contributed by atoms with van der Waals surface area (Å²) in [6, 6.07) is 9.41. The minimum Gasteiger partial charge on any atom is -0.349 e. The Hall–Kier alpha value is -2.55. The lowest BCUT2D eigenvalue weighted by Crippen LogP contribution is -2.29. The van der Waals surface area contributed by atoms with Crippen LogP contribution in [0.4, 0.5) is 23.2 Å². The molecule has 2 aromatic carbocycles. The number of halogens is 4. The summed E-state index contributed by atoms with van der Waals surface area (Å²) >= 11 is 1.06. The number of rotatable bonds is 7. The molecule has 1 atom stereocenters. The molecule has 0 aliphatic carbocycles. The molecule has 2 N–H and O–H groups in total. The molecule has 0 bridgehead atoms. The zero-order valence-corrected chi connectivity index (χ0v) is 15.7. The molecule has 1 unspecified atom stereocenters. The highest BCUT2D eigenvalue weighted by atomic mass is 32.2. The molecule has 150 valence electrons. The van der Waals surface area contributed by atoms with E-state index < -0.39 is 29.5 Å². The second-order valence-corrected chi connectivity index (χ2v) is 6.95. The van der Waals surface area contributed by atoms with Crippen LogP contribution in [0.15, 0.2) is 48.5 Å². The minimum absolute atomic E-state index is 0.00271. The number of benzene rings is 2. The lowest BCUT2D eigenvalue weighted by Gasteiger charge is -2.16. The predicted molar refractivity (Wildman–Crippen MR) is 100 cm³/mol. The largest absolute Gasteiger partial charge is 0.416 e. The smallest absolute Gasteiger partial charge is 0.349 e. The van der Waals surface area contributed by atoms with Crippen LogP contribution in [0, 0.1) is 5.82 Å². The van der Waals surface area contributed by atoms with Gasteiger partial charge >= 0.3 is 6.18 Å². The standard InChI is InChI=1S/C19H18F4N2O2S/c1-12(13-3-2-4-14(9-13)19(21,22)23)24-17(26)10-28-11-18(27)25-16-7-5-15(20)6-8-16/h2-9,12H,10-11H2,1H3,(H,24,26)(H,25,27). The number of anilines is 1. The molecule has 0 aliphatic rings. The highest BCUT2D eigenvalue weighted by molar-refractivity contribution is 8.00. The maximum absolute atomic E-state index is 12.8. The first kappa shape index (κ1) is 21.7. The summed E-state index contributed by atoms with van der Waals surface area (Å²) < 4.78 is 51.1. The van der Waals surface area contributed by atoms with Gasteiger partial charge in [0.2, 0.25) is 11.8 Å². The van der Waals surface area contributed by atoms with Crippen molar-refractivity contribution in [2.45, 2.75) is 19.1 Å². The number of hydrogen-bond donors (Lipinski definition) is 2. The molecule has 2 rings (SSSR count). The summed E-state index contributed by atoms with van der Waals surface area (Å²) in [7, 11) is 0. The molecule has 0 radical (unpaired) electrons. The Balaban J connectivity index is 1.77. The van der Waals surface area contributed by atoms with Crippen molar-refractivity contribution in [2.75, 3.05) is 16.8 Å². The van der Waals surface area contributed by atoms with E-state index in [1.165, 1.54) is 36.4 Å². The first-order valence-corrected chi connectivity index (χ1v) is 9.40. The Kier molecular flexibility index (Phi) is 7.45. The van der Waals surface area contributed by atoms with E-state index in [1.807, 2.05) is 0 Å². The van der Waals surface area contributed by atoms with Gasteiger partial charge in [0, 0.05) is 5.69 Å². The van der Waals surface area contributed by atoms with Gasteiger partial charge in [-0.1, -0.05) is 12.1 Å². The second kappa shape index (κ2) is 9.59. The van der Waals surface area contributed by atoms with Gasteiger partial charge in [-0.2, -0.15) is 13.2 Å². The Morgan fingerprint density at radius 3 is 2.32 bits per heavy atom. The van der Waals surface area contributed by atoms with Crippen LogP contribution in [0.3, 0.4) is 0 Å². The van der Waals surface area contributed by atoms with Crippen molar-refractivity contribution in [3.05, 3.63) is 65.5 Å². The highest BCUT2D eigenvalue weighted by Gasteiger charge is 2.30. The van der Waals surface area contributed by atoms with Gasteiger partial charge in [-0.05, 0) is 48.9 Å². The van der Waals surface area contributed by atoms with Gasteiger partial charge < -0.3 is 10.6 Å². The normalized spacial score (nSPS) is 12.3. The Bertz CT molecular complexity index is 825. The Labute approximate surface area is 163 Å². The molecule has 0 spiro atoms. The van der Waals surface area contributed by atoms with Crippen LogP contribution in [-0.4, -0.2) is 23.3 Å². The van der Waals surface area contributed by atoms with Crippen molar-refractivity contribution < 1.29 is 27.2 Å². The quantitative estimate of drug-likeness (QED) is 0.661. The number of alkyl halides is 3. The molecular formula is C19H18F4N2O2S. The molecule has 0 saturated heterocycles. The van der Waals surface area contributed by atoms with Crippen LogP contribution in [0.1, 0.15) is 24.1 Å². The lowest BCUT2D eigenvalue weighted by atomic mass is 10.0. The van der Waals surface area contributed by atoms with E-state index in [0.29, 0.717) is 11.3 Å². The fourth-order valence-corrected chi connectivity index (χ4v) is 2.95. The van der Waals surface area contributed by atoms with E-state index >= 15 is 0 Å². The first-order chi connectivity index (χ1) is 13.1. The second-order valence-electron chi connectivity index (χ2n) is 5.96. The summed E-state index contributed by atoms with van der Waals surface area (Å²) in [5.74, 6) is -1.19. The van der Waals surface area contributed by atoms with Gasteiger partial charge in [0.05, 0.1) is 23.1 Å². The Morgan fingerprint density at radius 1 is 1.04 bits per heavy atom. The highest BCUT2D eigenvalue weighted by Crippen LogP contribution is 2.30. The SMILES string of the molecule is CC(NC(=O)CSCC(=O)Nc1ccc(F)cc1)c1cccc(C(F)(F)F)c1. The van der Waals surface area contributed by atoms with Crippen LogP contribution >= 0.6 is 11.8 Å². The average Bonchev–Trinajstić information content (AvgIpc) is 2.63. The maximum Gasteiger partial charge on any atom is 0.416 e. The van der Waals surface area contributed by atoms with E-state index in [-0.39, 0.29) is 17.4 Å². The summed E-state index contributed by atoms with van der Waals surface area (Å²) in [4.78, 5) is 23.7. The topological polar surface area (TPSA) is 58.2 Å². The molecular weight excluding hydrogens is 396 g/mol. The van der Waals surface area contributed by atoms with Crippen molar-refractivity contribution in [1.82, 2.24) is 5.32 Å².